The number of benzene rings is 1. The van der Waals surface area contributed by atoms with Crippen LogP contribution in [-0.4, -0.2) is 31.3 Å². The topological polar surface area (TPSA) is 20.2 Å². The minimum absolute atomic E-state index is 0.333. The van der Waals surface area contributed by atoms with Gasteiger partial charge in [-0.2, -0.15) is 11.8 Å². The molecule has 0 aromatic heterocycles. The van der Waals surface area contributed by atoms with Crippen molar-refractivity contribution in [2.24, 2.45) is 0 Å². The highest BCUT2D eigenvalue weighted by atomic mass is 32.2. The summed E-state index contributed by atoms with van der Waals surface area (Å²) in [4.78, 5) is 0. The molecule has 0 radical (unpaired) electrons. The lowest BCUT2D eigenvalue weighted by atomic mass is 10.1. The van der Waals surface area contributed by atoms with Crippen LogP contribution in [0.15, 0.2) is 24.3 Å². The van der Waals surface area contributed by atoms with E-state index >= 15 is 0 Å². The molecule has 1 N–H and O–H groups in total. The van der Waals surface area contributed by atoms with Gasteiger partial charge in [0.25, 0.3) is 0 Å². The molecule has 0 heterocycles. The van der Waals surface area contributed by atoms with Gasteiger partial charge in [0, 0.05) is 18.6 Å². The maximum atomic E-state index is 8.71. The number of hydrogen-bond donors (Lipinski definition) is 1. The third kappa shape index (κ3) is 11.5. The van der Waals surface area contributed by atoms with Crippen LogP contribution >= 0.6 is 11.8 Å². The quantitative estimate of drug-likeness (QED) is 0.298. The molecule has 0 atom stereocenters. The van der Waals surface area contributed by atoms with Crippen molar-refractivity contribution in [3.05, 3.63) is 29.8 Å². The first kappa shape index (κ1) is 22.3. The van der Waals surface area contributed by atoms with Gasteiger partial charge in [-0.05, 0) is 42.9 Å². The summed E-state index contributed by atoms with van der Waals surface area (Å²) < 4.78 is 0. The number of hydrogen-bond acceptors (Lipinski definition) is 2. The van der Waals surface area contributed by atoms with Gasteiger partial charge in [0.15, 0.2) is 0 Å². The maximum Gasteiger partial charge on any atom is 0.0775 e. The van der Waals surface area contributed by atoms with E-state index in [-0.39, 0.29) is 0 Å². The Labute approximate surface area is 161 Å². The van der Waals surface area contributed by atoms with E-state index in [0.29, 0.717) is 6.61 Å². The Morgan fingerprint density at radius 3 is 2.08 bits per heavy atom. The van der Waals surface area contributed by atoms with Crippen molar-refractivity contribution in [1.29, 1.82) is 0 Å². The molecule has 0 aliphatic carbocycles. The van der Waals surface area contributed by atoms with Gasteiger partial charge in [-0.25, -0.2) is 0 Å². The monoisotopic (exact) mass is 376 g/mol. The molecule has 0 saturated carbocycles. The van der Waals surface area contributed by atoms with E-state index in [2.05, 4.69) is 55.7 Å². The van der Waals surface area contributed by atoms with Crippen molar-refractivity contribution < 1.29 is 5.11 Å². The Bertz CT molecular complexity index is 508. The number of aliphatic hydroxyl groups excluding tert-OH is 1. The molecule has 0 aliphatic heterocycles. The second kappa shape index (κ2) is 13.5. The Morgan fingerprint density at radius 2 is 1.44 bits per heavy atom. The Morgan fingerprint density at radius 1 is 0.840 bits per heavy atom. The molecule has 1 aromatic carbocycles. The number of rotatable bonds is 12. The van der Waals surface area contributed by atoms with Gasteiger partial charge in [0.1, 0.15) is 0 Å². The largest absolute Gasteiger partial charge is 0.396 e. The van der Waals surface area contributed by atoms with Crippen molar-refractivity contribution in [2.45, 2.75) is 71.0 Å². The summed E-state index contributed by atoms with van der Waals surface area (Å²) in [5.41, 5.74) is 1.15. The van der Waals surface area contributed by atoms with E-state index in [1.807, 2.05) is 11.8 Å². The molecule has 0 aliphatic rings. The summed E-state index contributed by atoms with van der Waals surface area (Å²) in [5.74, 6) is 8.99. The minimum Gasteiger partial charge on any atom is -0.396 e. The smallest absolute Gasteiger partial charge is 0.0775 e. The van der Waals surface area contributed by atoms with Gasteiger partial charge in [-0.3, -0.25) is 0 Å². The molecule has 140 valence electrons. The second-order valence-corrected chi connectivity index (χ2v) is 14.0. The summed E-state index contributed by atoms with van der Waals surface area (Å²) in [5, 5.41) is 10.2. The number of thioether (sulfide) groups is 1. The fraction of sp³-hybridized carbons (Fsp3) is 0.636. The lowest BCUT2D eigenvalue weighted by Crippen LogP contribution is -2.37. The first-order valence-electron chi connectivity index (χ1n) is 9.82. The predicted octanol–water partition coefficient (Wildman–Crippen LogP) is 5.43. The highest BCUT2D eigenvalue weighted by Gasteiger charge is 2.15. The van der Waals surface area contributed by atoms with Gasteiger partial charge >= 0.3 is 0 Å². The molecule has 1 nitrogen and oxygen atoms in total. The van der Waals surface area contributed by atoms with Crippen LogP contribution in [-0.2, 0) is 0 Å². The Kier molecular flexibility index (Phi) is 12.1. The number of aliphatic hydroxyl groups is 1. The van der Waals surface area contributed by atoms with Gasteiger partial charge in [-0.15, -0.1) is 0 Å². The molecule has 1 aromatic rings. The Balaban J connectivity index is 2.02. The van der Waals surface area contributed by atoms with Crippen molar-refractivity contribution in [3.63, 3.8) is 0 Å². The van der Waals surface area contributed by atoms with Crippen LogP contribution in [0.5, 0.6) is 0 Å². The third-order valence-corrected chi connectivity index (χ3v) is 7.49. The second-order valence-electron chi connectivity index (χ2n) is 7.69. The van der Waals surface area contributed by atoms with Gasteiger partial charge in [-0.1, -0.05) is 74.5 Å². The lowest BCUT2D eigenvalue weighted by molar-refractivity contribution is 0.296. The Hall–Kier alpha value is -0.693. The highest BCUT2D eigenvalue weighted by Crippen LogP contribution is 2.11. The fourth-order valence-electron chi connectivity index (χ4n) is 2.61. The van der Waals surface area contributed by atoms with Crippen LogP contribution in [0.4, 0.5) is 0 Å². The summed E-state index contributed by atoms with van der Waals surface area (Å²) >= 11 is 1.98. The highest BCUT2D eigenvalue weighted by molar-refractivity contribution is 7.99. The van der Waals surface area contributed by atoms with Crippen LogP contribution in [0.1, 0.15) is 56.9 Å². The molecule has 0 bridgehead atoms. The first-order valence-corrected chi connectivity index (χ1v) is 14.5. The standard InChI is InChI=1S/C22H36OSSi/c1-25(2,3)22-16-14-21(15-17-22)13-10-8-6-4-5-7-9-11-19-24-20-12-18-23/h14-17,23H,4-9,11-12,18-20H2,1-3H3. The summed E-state index contributed by atoms with van der Waals surface area (Å²) in [7, 11) is -1.19. The molecule has 1 rings (SSSR count). The van der Waals surface area contributed by atoms with E-state index in [1.165, 1.54) is 49.5 Å². The molecule has 0 spiro atoms. The van der Waals surface area contributed by atoms with E-state index in [4.69, 9.17) is 5.11 Å². The lowest BCUT2D eigenvalue weighted by Gasteiger charge is -2.15. The van der Waals surface area contributed by atoms with Crippen molar-refractivity contribution in [2.75, 3.05) is 18.1 Å². The fourth-order valence-corrected chi connectivity index (χ4v) is 4.72. The molecule has 25 heavy (non-hydrogen) atoms. The summed E-state index contributed by atoms with van der Waals surface area (Å²) in [6.45, 7) is 7.47. The molecule has 0 fully saturated rings. The SMILES string of the molecule is C[Si](C)(C)c1ccc(C#CCCCCCCCCSCCCO)cc1. The zero-order valence-corrected chi connectivity index (χ0v) is 18.3. The van der Waals surface area contributed by atoms with Crippen LogP contribution in [0.2, 0.25) is 19.6 Å². The van der Waals surface area contributed by atoms with Crippen molar-refractivity contribution >= 4 is 25.0 Å². The van der Waals surface area contributed by atoms with E-state index in [9.17, 15) is 0 Å². The van der Waals surface area contributed by atoms with Crippen LogP contribution in [0.25, 0.3) is 0 Å². The zero-order chi connectivity index (χ0) is 18.4. The van der Waals surface area contributed by atoms with Gasteiger partial charge in [0.2, 0.25) is 0 Å². The molecular weight excluding hydrogens is 340 g/mol. The van der Waals surface area contributed by atoms with Gasteiger partial charge < -0.3 is 5.11 Å². The zero-order valence-electron chi connectivity index (χ0n) is 16.4. The van der Waals surface area contributed by atoms with E-state index < -0.39 is 8.07 Å². The first-order chi connectivity index (χ1) is 12.0. The summed E-state index contributed by atoms with van der Waals surface area (Å²) in [6.07, 6.45) is 9.86. The third-order valence-electron chi connectivity index (χ3n) is 4.27. The molecule has 0 unspecified atom stereocenters. The molecule has 0 amide bonds. The van der Waals surface area contributed by atoms with Crippen LogP contribution < -0.4 is 5.19 Å². The summed E-state index contributed by atoms with van der Waals surface area (Å²) in [6, 6.07) is 8.88. The number of unbranched alkanes of at least 4 members (excludes halogenated alkanes) is 6. The van der Waals surface area contributed by atoms with Crippen LogP contribution in [0.3, 0.4) is 0 Å². The van der Waals surface area contributed by atoms with Gasteiger partial charge in [0.05, 0.1) is 8.07 Å². The molecule has 3 heteroatoms. The van der Waals surface area contributed by atoms with E-state index in [0.717, 1.165) is 24.2 Å². The maximum absolute atomic E-state index is 8.71. The van der Waals surface area contributed by atoms with Crippen molar-refractivity contribution in [1.82, 2.24) is 0 Å². The average Bonchev–Trinajstić information content (AvgIpc) is 2.58. The van der Waals surface area contributed by atoms with E-state index in [1.54, 1.807) is 0 Å². The molecular formula is C22H36OSSi. The van der Waals surface area contributed by atoms with Crippen LogP contribution in [0, 0.1) is 11.8 Å². The average molecular weight is 377 g/mol. The van der Waals surface area contributed by atoms with Crippen molar-refractivity contribution in [3.8, 4) is 11.8 Å². The normalized spacial score (nSPS) is 11.2. The molecule has 0 saturated heterocycles. The minimum atomic E-state index is -1.19. The predicted molar refractivity (Wildman–Crippen MR) is 118 cm³/mol.